The van der Waals surface area contributed by atoms with Crippen molar-refractivity contribution in [2.75, 3.05) is 13.2 Å². The summed E-state index contributed by atoms with van der Waals surface area (Å²) in [6.45, 7) is 4.12. The SMILES string of the molecule is CCCCC/C=C\C/C=C\CCCCCCCCCC(=O)O[C@@H](CO)COC(=O)CCCCCCCCCCCCCCCCCCC. The van der Waals surface area contributed by atoms with Gasteiger partial charge in [-0.2, -0.15) is 0 Å². The fourth-order valence-electron chi connectivity index (χ4n) is 6.06. The van der Waals surface area contributed by atoms with E-state index < -0.39 is 6.10 Å². The second-order valence-electron chi connectivity index (χ2n) is 14.1. The largest absolute Gasteiger partial charge is 0.462 e. The Hall–Kier alpha value is -1.62. The minimum Gasteiger partial charge on any atom is -0.462 e. The van der Waals surface area contributed by atoms with Crippen LogP contribution in [0, 0.1) is 0 Å². The molecule has 1 atom stereocenters. The third-order valence-corrected chi connectivity index (χ3v) is 9.25. The molecule has 5 heteroatoms. The molecule has 5 nitrogen and oxygen atoms in total. The number of aliphatic hydroxyl groups excluding tert-OH is 1. The molecule has 0 heterocycles. The molecule has 0 aromatic heterocycles. The molecule has 0 aromatic rings. The predicted molar refractivity (Wildman–Crippen MR) is 205 cm³/mol. The molecule has 0 saturated carbocycles. The first-order valence-corrected chi connectivity index (χ1v) is 20.9. The molecule has 0 aliphatic carbocycles. The first-order chi connectivity index (χ1) is 23.6. The lowest BCUT2D eigenvalue weighted by atomic mass is 10.0. The second kappa shape index (κ2) is 39.8. The lowest BCUT2D eigenvalue weighted by Crippen LogP contribution is -2.28. The van der Waals surface area contributed by atoms with Crippen molar-refractivity contribution in [3.8, 4) is 0 Å². The highest BCUT2D eigenvalue weighted by atomic mass is 16.6. The Morgan fingerprint density at radius 3 is 1.27 bits per heavy atom. The van der Waals surface area contributed by atoms with Crippen molar-refractivity contribution in [2.24, 2.45) is 0 Å². The Morgan fingerprint density at radius 1 is 0.479 bits per heavy atom. The number of carbonyl (C=O) groups excluding carboxylic acids is 2. The molecular weight excluding hydrogens is 596 g/mol. The maximum Gasteiger partial charge on any atom is 0.306 e. The smallest absolute Gasteiger partial charge is 0.306 e. The van der Waals surface area contributed by atoms with Crippen LogP contribution in [0.15, 0.2) is 24.3 Å². The summed E-state index contributed by atoms with van der Waals surface area (Å²) < 4.78 is 10.6. The summed E-state index contributed by atoms with van der Waals surface area (Å²) in [5, 5.41) is 9.56. The van der Waals surface area contributed by atoms with Gasteiger partial charge in [0.25, 0.3) is 0 Å². The molecule has 0 spiro atoms. The average molecular weight is 677 g/mol. The van der Waals surface area contributed by atoms with E-state index in [-0.39, 0.29) is 25.2 Å². The van der Waals surface area contributed by atoms with Gasteiger partial charge in [0.1, 0.15) is 6.61 Å². The highest BCUT2D eigenvalue weighted by Gasteiger charge is 2.16. The summed E-state index contributed by atoms with van der Waals surface area (Å²) in [5.74, 6) is -0.590. The standard InChI is InChI=1S/C43H80O5/c1-3-5-7-9-11-13-15-17-19-21-23-25-27-29-31-33-35-37-42(45)47-40-41(39-44)48-43(46)38-36-34-32-30-28-26-24-22-20-18-16-14-12-10-8-6-4-2/h12,14,18,20,41,44H,3-11,13,15-17,19,21-40H2,1-2H3/b14-12-,20-18-/t41-/m0/s1. The van der Waals surface area contributed by atoms with Crippen molar-refractivity contribution in [3.05, 3.63) is 24.3 Å². The van der Waals surface area contributed by atoms with Crippen LogP contribution in [0.4, 0.5) is 0 Å². The minimum absolute atomic E-state index is 0.0645. The van der Waals surface area contributed by atoms with Crippen molar-refractivity contribution >= 4 is 11.9 Å². The van der Waals surface area contributed by atoms with Crippen molar-refractivity contribution in [1.29, 1.82) is 0 Å². The normalized spacial score (nSPS) is 12.3. The number of rotatable bonds is 38. The number of hydrogen-bond donors (Lipinski definition) is 1. The molecule has 0 amide bonds. The Bertz CT molecular complexity index is 731. The van der Waals surface area contributed by atoms with Crippen molar-refractivity contribution < 1.29 is 24.2 Å². The van der Waals surface area contributed by atoms with Gasteiger partial charge in [-0.25, -0.2) is 0 Å². The third-order valence-electron chi connectivity index (χ3n) is 9.25. The molecule has 0 saturated heterocycles. The van der Waals surface area contributed by atoms with E-state index in [9.17, 15) is 14.7 Å². The van der Waals surface area contributed by atoms with Gasteiger partial charge in [0.2, 0.25) is 0 Å². The van der Waals surface area contributed by atoms with E-state index in [1.807, 2.05) is 0 Å². The number of hydrogen-bond acceptors (Lipinski definition) is 5. The minimum atomic E-state index is -0.770. The summed E-state index contributed by atoms with van der Waals surface area (Å²) >= 11 is 0. The van der Waals surface area contributed by atoms with E-state index in [1.165, 1.54) is 141 Å². The zero-order chi connectivity index (χ0) is 35.0. The van der Waals surface area contributed by atoms with Gasteiger partial charge < -0.3 is 14.6 Å². The van der Waals surface area contributed by atoms with Crippen LogP contribution in [0.3, 0.4) is 0 Å². The zero-order valence-electron chi connectivity index (χ0n) is 32.0. The number of aliphatic hydroxyl groups is 1. The molecule has 0 unspecified atom stereocenters. The average Bonchev–Trinajstić information content (AvgIpc) is 3.09. The molecule has 0 aliphatic heterocycles. The van der Waals surface area contributed by atoms with Crippen LogP contribution in [0.25, 0.3) is 0 Å². The summed E-state index contributed by atoms with van der Waals surface area (Å²) in [6, 6.07) is 0. The first kappa shape index (κ1) is 46.4. The molecule has 0 aliphatic rings. The fourth-order valence-corrected chi connectivity index (χ4v) is 6.06. The molecular formula is C43H80O5. The summed E-state index contributed by atoms with van der Waals surface area (Å²) in [7, 11) is 0. The second-order valence-corrected chi connectivity index (χ2v) is 14.1. The molecule has 0 bridgehead atoms. The Kier molecular flexibility index (Phi) is 38.5. The van der Waals surface area contributed by atoms with E-state index in [0.717, 1.165) is 51.4 Å². The van der Waals surface area contributed by atoms with Crippen LogP contribution in [0.5, 0.6) is 0 Å². The topological polar surface area (TPSA) is 72.8 Å². The Morgan fingerprint density at radius 2 is 0.833 bits per heavy atom. The Balaban J connectivity index is 3.52. The van der Waals surface area contributed by atoms with Gasteiger partial charge in [-0.3, -0.25) is 9.59 Å². The number of esters is 2. The van der Waals surface area contributed by atoms with Crippen molar-refractivity contribution in [1.82, 2.24) is 0 Å². The van der Waals surface area contributed by atoms with E-state index in [4.69, 9.17) is 9.47 Å². The van der Waals surface area contributed by atoms with Gasteiger partial charge >= 0.3 is 11.9 Å². The van der Waals surface area contributed by atoms with Crippen LogP contribution in [-0.2, 0) is 19.1 Å². The summed E-state index contributed by atoms with van der Waals surface area (Å²) in [4.78, 5) is 24.3. The predicted octanol–water partition coefficient (Wildman–Crippen LogP) is 13.1. The van der Waals surface area contributed by atoms with Crippen LogP contribution in [-0.4, -0.2) is 36.4 Å². The van der Waals surface area contributed by atoms with E-state index in [0.29, 0.717) is 12.8 Å². The van der Waals surface area contributed by atoms with Crippen LogP contribution in [0.2, 0.25) is 0 Å². The van der Waals surface area contributed by atoms with Crippen LogP contribution >= 0.6 is 0 Å². The monoisotopic (exact) mass is 677 g/mol. The lowest BCUT2D eigenvalue weighted by molar-refractivity contribution is -0.161. The van der Waals surface area contributed by atoms with E-state index in [1.54, 1.807) is 0 Å². The van der Waals surface area contributed by atoms with Crippen molar-refractivity contribution in [2.45, 2.75) is 225 Å². The molecule has 0 rings (SSSR count). The molecule has 1 N–H and O–H groups in total. The highest BCUT2D eigenvalue weighted by molar-refractivity contribution is 5.70. The quantitative estimate of drug-likeness (QED) is 0.0400. The first-order valence-electron chi connectivity index (χ1n) is 20.9. The summed E-state index contributed by atoms with van der Waals surface area (Å²) in [5.41, 5.74) is 0. The van der Waals surface area contributed by atoms with Crippen LogP contribution < -0.4 is 0 Å². The van der Waals surface area contributed by atoms with Crippen molar-refractivity contribution in [3.63, 3.8) is 0 Å². The maximum absolute atomic E-state index is 12.2. The van der Waals surface area contributed by atoms with Gasteiger partial charge in [-0.05, 0) is 44.9 Å². The van der Waals surface area contributed by atoms with Gasteiger partial charge in [0.15, 0.2) is 6.10 Å². The summed E-state index contributed by atoms with van der Waals surface area (Å²) in [6.07, 6.45) is 46.7. The van der Waals surface area contributed by atoms with Gasteiger partial charge in [-0.15, -0.1) is 0 Å². The number of allylic oxidation sites excluding steroid dienone is 4. The molecule has 48 heavy (non-hydrogen) atoms. The molecule has 282 valence electrons. The lowest BCUT2D eigenvalue weighted by Gasteiger charge is -2.15. The molecule has 0 fully saturated rings. The van der Waals surface area contributed by atoms with Gasteiger partial charge in [-0.1, -0.05) is 186 Å². The highest BCUT2D eigenvalue weighted by Crippen LogP contribution is 2.15. The Labute approximate surface area is 298 Å². The fraction of sp³-hybridized carbons (Fsp3) is 0.860. The number of ether oxygens (including phenoxy) is 2. The van der Waals surface area contributed by atoms with E-state index >= 15 is 0 Å². The molecule has 0 radical (unpaired) electrons. The van der Waals surface area contributed by atoms with Gasteiger partial charge in [0.05, 0.1) is 6.61 Å². The molecule has 0 aromatic carbocycles. The maximum atomic E-state index is 12.2. The number of carbonyl (C=O) groups is 2. The van der Waals surface area contributed by atoms with Gasteiger partial charge in [0, 0.05) is 12.8 Å². The zero-order valence-corrected chi connectivity index (χ0v) is 32.0. The third kappa shape index (κ3) is 37.2. The van der Waals surface area contributed by atoms with E-state index in [2.05, 4.69) is 38.2 Å². The number of unbranched alkanes of at least 4 members (excludes halogenated alkanes) is 26. The van der Waals surface area contributed by atoms with Crippen LogP contribution in [0.1, 0.15) is 219 Å².